The zero-order chi connectivity index (χ0) is 16.9. The average molecular weight is 326 g/mol. The van der Waals surface area contributed by atoms with Crippen LogP contribution in [-0.2, 0) is 4.79 Å². The van der Waals surface area contributed by atoms with Crippen LogP contribution in [0.4, 0.5) is 0 Å². The van der Waals surface area contributed by atoms with E-state index in [-0.39, 0.29) is 17.2 Å². The van der Waals surface area contributed by atoms with Crippen LogP contribution in [0.1, 0.15) is 54.4 Å². The van der Waals surface area contributed by atoms with E-state index in [1.165, 1.54) is 19.3 Å². The third-order valence-corrected chi connectivity index (χ3v) is 6.57. The highest BCUT2D eigenvalue weighted by molar-refractivity contribution is 5.97. The van der Waals surface area contributed by atoms with Crippen molar-refractivity contribution in [3.05, 3.63) is 35.4 Å². The molecule has 5 rings (SSSR count). The van der Waals surface area contributed by atoms with E-state index in [0.29, 0.717) is 5.56 Å². The molecule has 4 fully saturated rings. The van der Waals surface area contributed by atoms with Crippen molar-refractivity contribution in [1.29, 1.82) is 0 Å². The lowest BCUT2D eigenvalue weighted by Gasteiger charge is -2.58. The van der Waals surface area contributed by atoms with Gasteiger partial charge in [0.1, 0.15) is 6.04 Å². The molecule has 0 heterocycles. The maximum Gasteiger partial charge on any atom is 0.251 e. The lowest BCUT2D eigenvalue weighted by atomic mass is 9.47. The minimum Gasteiger partial charge on any atom is -0.368 e. The molecule has 0 aromatic heterocycles. The fourth-order valence-electron chi connectivity index (χ4n) is 5.98. The molecule has 0 saturated heterocycles. The molecule has 2 amide bonds. The third-order valence-electron chi connectivity index (χ3n) is 6.57. The van der Waals surface area contributed by atoms with Gasteiger partial charge >= 0.3 is 0 Å². The third kappa shape index (κ3) is 2.62. The summed E-state index contributed by atoms with van der Waals surface area (Å²) in [5.41, 5.74) is 7.35. The summed E-state index contributed by atoms with van der Waals surface area (Å²) in [5, 5.41) is 3.00. The van der Waals surface area contributed by atoms with E-state index in [0.717, 1.165) is 42.6 Å². The Bertz CT molecular complexity index is 629. The first kappa shape index (κ1) is 15.7. The van der Waals surface area contributed by atoms with Gasteiger partial charge in [-0.05, 0) is 75.3 Å². The van der Waals surface area contributed by atoms with Crippen molar-refractivity contribution in [3.8, 4) is 0 Å². The van der Waals surface area contributed by atoms with E-state index in [1.54, 1.807) is 0 Å². The number of primary amides is 1. The summed E-state index contributed by atoms with van der Waals surface area (Å²) in [5.74, 6) is 1.59. The summed E-state index contributed by atoms with van der Waals surface area (Å²) >= 11 is 0. The molecule has 4 aliphatic carbocycles. The van der Waals surface area contributed by atoms with Gasteiger partial charge in [-0.2, -0.15) is 0 Å². The SMILES string of the molecule is Cc1ccc(C(=O)NC(C(N)=O)C23CC4CC(CC(C4)C2)C3)cc1. The molecule has 128 valence electrons. The molecule has 0 spiro atoms. The molecule has 4 saturated carbocycles. The number of benzene rings is 1. The molecule has 3 N–H and O–H groups in total. The van der Waals surface area contributed by atoms with Gasteiger partial charge in [-0.3, -0.25) is 9.59 Å². The van der Waals surface area contributed by atoms with Gasteiger partial charge in [0.25, 0.3) is 5.91 Å². The molecule has 4 nitrogen and oxygen atoms in total. The van der Waals surface area contributed by atoms with Crippen LogP contribution in [0, 0.1) is 30.1 Å². The summed E-state index contributed by atoms with van der Waals surface area (Å²) in [6.45, 7) is 1.99. The average Bonchev–Trinajstić information content (AvgIpc) is 2.51. The number of amides is 2. The molecule has 4 aliphatic rings. The topological polar surface area (TPSA) is 72.2 Å². The van der Waals surface area contributed by atoms with Gasteiger partial charge in [-0.1, -0.05) is 17.7 Å². The van der Waals surface area contributed by atoms with Crippen LogP contribution in [0.25, 0.3) is 0 Å². The lowest BCUT2D eigenvalue weighted by molar-refractivity contribution is -0.131. The van der Waals surface area contributed by atoms with E-state index in [9.17, 15) is 9.59 Å². The zero-order valence-electron chi connectivity index (χ0n) is 14.3. The van der Waals surface area contributed by atoms with Crippen molar-refractivity contribution >= 4 is 11.8 Å². The van der Waals surface area contributed by atoms with E-state index < -0.39 is 6.04 Å². The highest BCUT2D eigenvalue weighted by Crippen LogP contribution is 2.61. The van der Waals surface area contributed by atoms with Gasteiger partial charge in [0.15, 0.2) is 0 Å². The van der Waals surface area contributed by atoms with E-state index >= 15 is 0 Å². The van der Waals surface area contributed by atoms with Crippen LogP contribution < -0.4 is 11.1 Å². The fourth-order valence-corrected chi connectivity index (χ4v) is 5.98. The number of aryl methyl sites for hydroxylation is 1. The Balaban J connectivity index is 1.57. The Morgan fingerprint density at radius 1 is 1.04 bits per heavy atom. The van der Waals surface area contributed by atoms with Crippen molar-refractivity contribution in [1.82, 2.24) is 5.32 Å². The standard InChI is InChI=1S/C20H26N2O2/c1-12-2-4-16(5-3-12)19(24)22-17(18(21)23)20-9-13-6-14(10-20)8-15(7-13)11-20/h2-5,13-15,17H,6-11H2,1H3,(H2,21,23)(H,22,24). The minimum absolute atomic E-state index is 0.110. The monoisotopic (exact) mass is 326 g/mol. The van der Waals surface area contributed by atoms with Gasteiger partial charge in [0, 0.05) is 11.0 Å². The molecule has 24 heavy (non-hydrogen) atoms. The van der Waals surface area contributed by atoms with Crippen LogP contribution in [0.2, 0.25) is 0 Å². The summed E-state index contributed by atoms with van der Waals surface area (Å²) in [4.78, 5) is 24.9. The predicted octanol–water partition coefficient (Wildman–Crippen LogP) is 2.80. The number of nitrogens with two attached hydrogens (primary N) is 1. The van der Waals surface area contributed by atoms with Crippen LogP contribution in [0.5, 0.6) is 0 Å². The molecule has 1 atom stereocenters. The maximum absolute atomic E-state index is 12.6. The number of hydrogen-bond acceptors (Lipinski definition) is 2. The van der Waals surface area contributed by atoms with Gasteiger partial charge < -0.3 is 11.1 Å². The Morgan fingerprint density at radius 2 is 1.54 bits per heavy atom. The number of carbonyl (C=O) groups is 2. The van der Waals surface area contributed by atoms with Crippen molar-refractivity contribution in [3.63, 3.8) is 0 Å². The summed E-state index contributed by atoms with van der Waals surface area (Å²) < 4.78 is 0. The number of hydrogen-bond donors (Lipinski definition) is 2. The van der Waals surface area contributed by atoms with Gasteiger partial charge in [0.2, 0.25) is 5.91 Å². The molecular formula is C20H26N2O2. The lowest BCUT2D eigenvalue weighted by Crippen LogP contribution is -2.61. The molecule has 4 heteroatoms. The number of nitrogens with one attached hydrogen (secondary N) is 1. The van der Waals surface area contributed by atoms with Crippen LogP contribution in [0.15, 0.2) is 24.3 Å². The Kier molecular flexibility index (Phi) is 3.66. The van der Waals surface area contributed by atoms with Crippen LogP contribution in [0.3, 0.4) is 0 Å². The smallest absolute Gasteiger partial charge is 0.251 e. The van der Waals surface area contributed by atoms with E-state index in [4.69, 9.17) is 5.73 Å². The first-order valence-electron chi connectivity index (χ1n) is 9.12. The highest BCUT2D eigenvalue weighted by Gasteiger charge is 2.56. The first-order valence-corrected chi connectivity index (χ1v) is 9.12. The largest absolute Gasteiger partial charge is 0.368 e. The zero-order valence-corrected chi connectivity index (χ0v) is 14.3. The number of carbonyl (C=O) groups excluding carboxylic acids is 2. The van der Waals surface area contributed by atoms with E-state index in [2.05, 4.69) is 5.32 Å². The van der Waals surface area contributed by atoms with Crippen molar-refractivity contribution in [2.75, 3.05) is 0 Å². The molecule has 1 aromatic carbocycles. The number of rotatable bonds is 4. The summed E-state index contributed by atoms with van der Waals surface area (Å²) in [6, 6.07) is 6.91. The Labute approximate surface area is 143 Å². The molecule has 4 bridgehead atoms. The van der Waals surface area contributed by atoms with Crippen LogP contribution >= 0.6 is 0 Å². The Hall–Kier alpha value is -1.84. The van der Waals surface area contributed by atoms with E-state index in [1.807, 2.05) is 31.2 Å². The van der Waals surface area contributed by atoms with Gasteiger partial charge in [-0.15, -0.1) is 0 Å². The minimum atomic E-state index is -0.542. The van der Waals surface area contributed by atoms with Crippen molar-refractivity contribution < 1.29 is 9.59 Å². The second kappa shape index (κ2) is 5.61. The maximum atomic E-state index is 12.6. The molecule has 1 aromatic rings. The normalized spacial score (nSPS) is 34.8. The quantitative estimate of drug-likeness (QED) is 0.893. The van der Waals surface area contributed by atoms with Crippen LogP contribution in [-0.4, -0.2) is 17.9 Å². The molecule has 0 radical (unpaired) electrons. The predicted molar refractivity (Wildman–Crippen MR) is 92.2 cm³/mol. The second-order valence-electron chi connectivity index (χ2n) is 8.45. The first-order chi connectivity index (χ1) is 11.4. The van der Waals surface area contributed by atoms with Crippen molar-refractivity contribution in [2.24, 2.45) is 28.9 Å². The Morgan fingerprint density at radius 3 is 2.00 bits per heavy atom. The highest BCUT2D eigenvalue weighted by atomic mass is 16.2. The molecule has 0 aliphatic heterocycles. The second-order valence-corrected chi connectivity index (χ2v) is 8.45. The summed E-state index contributed by atoms with van der Waals surface area (Å²) in [7, 11) is 0. The molecule has 1 unspecified atom stereocenters. The fraction of sp³-hybridized carbons (Fsp3) is 0.600. The van der Waals surface area contributed by atoms with Crippen molar-refractivity contribution in [2.45, 2.75) is 51.5 Å². The molecular weight excluding hydrogens is 300 g/mol. The summed E-state index contributed by atoms with van der Waals surface area (Å²) in [6.07, 6.45) is 7.03. The van der Waals surface area contributed by atoms with Gasteiger partial charge in [-0.25, -0.2) is 0 Å². The van der Waals surface area contributed by atoms with Gasteiger partial charge in [0.05, 0.1) is 0 Å².